The molecule has 1 aliphatic rings. The van der Waals surface area contributed by atoms with E-state index in [1.54, 1.807) is 0 Å². The maximum absolute atomic E-state index is 12.3. The lowest BCUT2D eigenvalue weighted by molar-refractivity contribution is -0.196. The first-order valence-corrected chi connectivity index (χ1v) is 3.87. The van der Waals surface area contributed by atoms with Crippen LogP contribution < -0.4 is 0 Å². The molecular weight excluding hydrogens is 185 g/mol. The summed E-state index contributed by atoms with van der Waals surface area (Å²) in [5.74, 6) is -4.41. The fraction of sp³-hybridized carbons (Fsp3) is 0.625. The third kappa shape index (κ3) is 2.23. The SMILES string of the molecule is O=C(O)[C@@H]1CC=CC[C@H]1C(F)(F)F. The molecule has 0 fully saturated rings. The van der Waals surface area contributed by atoms with Crippen LogP contribution in [-0.4, -0.2) is 17.3 Å². The van der Waals surface area contributed by atoms with Crippen LogP contribution in [0.25, 0.3) is 0 Å². The van der Waals surface area contributed by atoms with Crippen molar-refractivity contribution in [1.82, 2.24) is 0 Å². The predicted molar refractivity (Wildman–Crippen MR) is 39.0 cm³/mol. The van der Waals surface area contributed by atoms with Gasteiger partial charge in [-0.05, 0) is 12.8 Å². The van der Waals surface area contributed by atoms with Crippen LogP contribution in [0.5, 0.6) is 0 Å². The zero-order valence-electron chi connectivity index (χ0n) is 6.71. The van der Waals surface area contributed by atoms with Crippen molar-refractivity contribution < 1.29 is 23.1 Å². The molecule has 1 N–H and O–H groups in total. The molecule has 74 valence electrons. The second kappa shape index (κ2) is 3.40. The van der Waals surface area contributed by atoms with E-state index >= 15 is 0 Å². The molecule has 0 spiro atoms. The highest BCUT2D eigenvalue weighted by Gasteiger charge is 2.47. The minimum absolute atomic E-state index is 0.0283. The summed E-state index contributed by atoms with van der Waals surface area (Å²) in [6, 6.07) is 0. The molecule has 13 heavy (non-hydrogen) atoms. The largest absolute Gasteiger partial charge is 0.481 e. The highest BCUT2D eigenvalue weighted by Crippen LogP contribution is 2.38. The summed E-state index contributed by atoms with van der Waals surface area (Å²) >= 11 is 0. The Balaban J connectivity index is 2.81. The fourth-order valence-electron chi connectivity index (χ4n) is 1.45. The smallest absolute Gasteiger partial charge is 0.392 e. The molecule has 0 aromatic rings. The third-order valence-electron chi connectivity index (χ3n) is 2.17. The summed E-state index contributed by atoms with van der Waals surface area (Å²) in [6.45, 7) is 0. The Morgan fingerprint density at radius 1 is 1.31 bits per heavy atom. The van der Waals surface area contributed by atoms with Gasteiger partial charge in [-0.15, -0.1) is 0 Å². The molecule has 2 nitrogen and oxygen atoms in total. The molecule has 0 amide bonds. The van der Waals surface area contributed by atoms with E-state index in [9.17, 15) is 18.0 Å². The van der Waals surface area contributed by atoms with Gasteiger partial charge in [0.05, 0.1) is 11.8 Å². The summed E-state index contributed by atoms with van der Waals surface area (Å²) in [5, 5.41) is 8.54. The summed E-state index contributed by atoms with van der Waals surface area (Å²) in [4.78, 5) is 10.5. The van der Waals surface area contributed by atoms with Crippen molar-refractivity contribution in [2.45, 2.75) is 19.0 Å². The van der Waals surface area contributed by atoms with Crippen LogP contribution in [0, 0.1) is 11.8 Å². The number of alkyl halides is 3. The predicted octanol–water partition coefficient (Wildman–Crippen LogP) is 2.22. The zero-order valence-corrected chi connectivity index (χ0v) is 6.71. The van der Waals surface area contributed by atoms with Gasteiger partial charge in [-0.1, -0.05) is 12.2 Å². The van der Waals surface area contributed by atoms with Gasteiger partial charge >= 0.3 is 12.1 Å². The Morgan fingerprint density at radius 2 is 1.85 bits per heavy atom. The Hall–Kier alpha value is -1.00. The van der Waals surface area contributed by atoms with Crippen LogP contribution in [0.3, 0.4) is 0 Å². The van der Waals surface area contributed by atoms with E-state index in [0.29, 0.717) is 0 Å². The van der Waals surface area contributed by atoms with E-state index in [2.05, 4.69) is 0 Å². The minimum atomic E-state index is -4.41. The van der Waals surface area contributed by atoms with E-state index in [1.807, 2.05) is 0 Å². The molecule has 0 radical (unpaired) electrons. The van der Waals surface area contributed by atoms with Crippen LogP contribution in [-0.2, 0) is 4.79 Å². The van der Waals surface area contributed by atoms with Gasteiger partial charge in [-0.3, -0.25) is 4.79 Å². The number of halogens is 3. The van der Waals surface area contributed by atoms with E-state index in [0.717, 1.165) is 0 Å². The number of carboxylic acids is 1. The van der Waals surface area contributed by atoms with Gasteiger partial charge in [0.2, 0.25) is 0 Å². The molecule has 0 aromatic carbocycles. The molecule has 0 aliphatic heterocycles. The molecular formula is C8H9F3O2. The Labute approximate surface area is 73.1 Å². The van der Waals surface area contributed by atoms with Crippen molar-refractivity contribution in [3.05, 3.63) is 12.2 Å². The molecule has 1 aliphatic carbocycles. The normalized spacial score (nSPS) is 28.8. The molecule has 0 saturated carbocycles. The molecule has 0 saturated heterocycles. The van der Waals surface area contributed by atoms with Crippen LogP contribution >= 0.6 is 0 Å². The average molecular weight is 194 g/mol. The quantitative estimate of drug-likeness (QED) is 0.650. The Bertz CT molecular complexity index is 232. The molecule has 1 rings (SSSR count). The van der Waals surface area contributed by atoms with Crippen LogP contribution in [0.4, 0.5) is 13.2 Å². The number of carboxylic acid groups (broad SMARTS) is 1. The van der Waals surface area contributed by atoms with Crippen molar-refractivity contribution >= 4 is 5.97 Å². The van der Waals surface area contributed by atoms with Crippen molar-refractivity contribution in [3.63, 3.8) is 0 Å². The molecule has 2 atom stereocenters. The maximum Gasteiger partial charge on any atom is 0.392 e. The Kier molecular flexibility index (Phi) is 2.63. The molecule has 0 unspecified atom stereocenters. The lowest BCUT2D eigenvalue weighted by Gasteiger charge is -2.26. The van der Waals surface area contributed by atoms with Gasteiger partial charge in [0.15, 0.2) is 0 Å². The monoisotopic (exact) mass is 194 g/mol. The lowest BCUT2D eigenvalue weighted by atomic mass is 9.82. The van der Waals surface area contributed by atoms with E-state index < -0.39 is 24.0 Å². The summed E-state index contributed by atoms with van der Waals surface area (Å²) in [5.41, 5.74) is 0. The second-order valence-corrected chi connectivity index (χ2v) is 3.04. The molecule has 0 aromatic heterocycles. The average Bonchev–Trinajstić information content (AvgIpc) is 2.03. The standard InChI is InChI=1S/C8H9F3O2/c9-8(10,11)6-4-2-1-3-5(6)7(12)13/h1-2,5-6H,3-4H2,(H,12,13)/t5-,6-/m1/s1. The lowest BCUT2D eigenvalue weighted by Crippen LogP contribution is -2.35. The summed E-state index contributed by atoms with van der Waals surface area (Å²) < 4.78 is 36.8. The van der Waals surface area contributed by atoms with E-state index in [-0.39, 0.29) is 12.8 Å². The van der Waals surface area contributed by atoms with Gasteiger partial charge in [0.1, 0.15) is 0 Å². The number of aliphatic carboxylic acids is 1. The van der Waals surface area contributed by atoms with Gasteiger partial charge in [0, 0.05) is 0 Å². The van der Waals surface area contributed by atoms with Crippen molar-refractivity contribution in [2.24, 2.45) is 11.8 Å². The van der Waals surface area contributed by atoms with Gasteiger partial charge in [-0.2, -0.15) is 13.2 Å². The first-order chi connectivity index (χ1) is 5.93. The van der Waals surface area contributed by atoms with Gasteiger partial charge in [-0.25, -0.2) is 0 Å². The number of rotatable bonds is 1. The topological polar surface area (TPSA) is 37.3 Å². The second-order valence-electron chi connectivity index (χ2n) is 3.04. The zero-order chi connectivity index (χ0) is 10.1. The van der Waals surface area contributed by atoms with Gasteiger partial charge < -0.3 is 5.11 Å². The number of carbonyl (C=O) groups is 1. The highest BCUT2D eigenvalue weighted by molar-refractivity contribution is 5.71. The van der Waals surface area contributed by atoms with Crippen molar-refractivity contribution in [3.8, 4) is 0 Å². The number of hydrogen-bond acceptors (Lipinski definition) is 1. The molecule has 0 bridgehead atoms. The van der Waals surface area contributed by atoms with E-state index in [4.69, 9.17) is 5.11 Å². The number of allylic oxidation sites excluding steroid dienone is 2. The summed E-state index contributed by atoms with van der Waals surface area (Å²) in [7, 11) is 0. The summed E-state index contributed by atoms with van der Waals surface area (Å²) in [6.07, 6.45) is -1.79. The van der Waals surface area contributed by atoms with E-state index in [1.165, 1.54) is 12.2 Å². The Morgan fingerprint density at radius 3 is 2.23 bits per heavy atom. The van der Waals surface area contributed by atoms with Crippen LogP contribution in [0.2, 0.25) is 0 Å². The molecule has 0 heterocycles. The maximum atomic E-state index is 12.3. The highest BCUT2D eigenvalue weighted by atomic mass is 19.4. The van der Waals surface area contributed by atoms with Crippen LogP contribution in [0.15, 0.2) is 12.2 Å². The first-order valence-electron chi connectivity index (χ1n) is 3.87. The minimum Gasteiger partial charge on any atom is -0.481 e. The van der Waals surface area contributed by atoms with Gasteiger partial charge in [0.25, 0.3) is 0 Å². The third-order valence-corrected chi connectivity index (χ3v) is 2.17. The number of hydrogen-bond donors (Lipinski definition) is 1. The van der Waals surface area contributed by atoms with Crippen LogP contribution in [0.1, 0.15) is 12.8 Å². The molecule has 5 heteroatoms. The fourth-order valence-corrected chi connectivity index (χ4v) is 1.45. The van der Waals surface area contributed by atoms with Crippen molar-refractivity contribution in [1.29, 1.82) is 0 Å². The first kappa shape index (κ1) is 10.1. The van der Waals surface area contributed by atoms with Crippen molar-refractivity contribution in [2.75, 3.05) is 0 Å².